The molecule has 0 bridgehead atoms. The average Bonchev–Trinajstić information content (AvgIpc) is 2.14. The van der Waals surface area contributed by atoms with Crippen molar-refractivity contribution in [1.82, 2.24) is 5.32 Å². The fraction of sp³-hybridized carbons (Fsp3) is 0.700. The zero-order valence-corrected chi connectivity index (χ0v) is 9.04. The van der Waals surface area contributed by atoms with Crippen molar-refractivity contribution >= 4 is 5.97 Å². The number of hydrogen-bond acceptors (Lipinski definition) is 3. The summed E-state index contributed by atoms with van der Waals surface area (Å²) in [7, 11) is 0. The van der Waals surface area contributed by atoms with Gasteiger partial charge >= 0.3 is 5.97 Å². The van der Waals surface area contributed by atoms with Crippen molar-refractivity contribution in [3.8, 4) is 0 Å². The molecule has 0 fully saturated rings. The quantitative estimate of drug-likeness (QED) is 0.604. The van der Waals surface area contributed by atoms with E-state index >= 15 is 0 Å². The summed E-state index contributed by atoms with van der Waals surface area (Å²) in [6.07, 6.45) is 1.66. The molecule has 0 rings (SSSR count). The fourth-order valence-corrected chi connectivity index (χ4v) is 0.854. The van der Waals surface area contributed by atoms with Crippen molar-refractivity contribution in [3.05, 3.63) is 11.6 Å². The molecule has 0 heterocycles. The van der Waals surface area contributed by atoms with Crippen LogP contribution in [0.25, 0.3) is 0 Å². The molecule has 82 valence electrons. The lowest BCUT2D eigenvalue weighted by molar-refractivity contribution is -0.132. The molecule has 1 atom stereocenters. The van der Waals surface area contributed by atoms with Crippen LogP contribution >= 0.6 is 0 Å². The maximum Gasteiger partial charge on any atom is 0.330 e. The minimum absolute atomic E-state index is 0.243. The fourth-order valence-electron chi connectivity index (χ4n) is 0.854. The lowest BCUT2D eigenvalue weighted by Crippen LogP contribution is -2.30. The number of aliphatic carboxylic acids is 1. The molecular weight excluding hydrogens is 182 g/mol. The molecule has 0 aromatic carbocycles. The average molecular weight is 201 g/mol. The third-order valence-corrected chi connectivity index (χ3v) is 1.78. The molecule has 1 unspecified atom stereocenters. The van der Waals surface area contributed by atoms with Gasteiger partial charge in [-0.05, 0) is 20.8 Å². The highest BCUT2D eigenvalue weighted by atomic mass is 16.5. The molecule has 2 N–H and O–H groups in total. The van der Waals surface area contributed by atoms with Gasteiger partial charge in [-0.3, -0.25) is 0 Å². The van der Waals surface area contributed by atoms with Crippen molar-refractivity contribution in [2.45, 2.75) is 26.8 Å². The molecule has 0 aliphatic carbocycles. The molecule has 0 amide bonds. The van der Waals surface area contributed by atoms with Gasteiger partial charge in [0, 0.05) is 24.8 Å². The molecule has 0 saturated heterocycles. The molecule has 0 saturated carbocycles. The summed E-state index contributed by atoms with van der Waals surface area (Å²) in [5.41, 5.74) is 0.362. The Hall–Kier alpha value is -0.870. The number of ether oxygens (including phenoxy) is 1. The van der Waals surface area contributed by atoms with Crippen LogP contribution in [0.2, 0.25) is 0 Å². The molecule has 0 aliphatic heterocycles. The Morgan fingerprint density at radius 1 is 1.64 bits per heavy atom. The van der Waals surface area contributed by atoms with Crippen LogP contribution in [-0.2, 0) is 9.53 Å². The normalized spacial score (nSPS) is 14.1. The van der Waals surface area contributed by atoms with E-state index in [1.54, 1.807) is 13.0 Å². The summed E-state index contributed by atoms with van der Waals surface area (Å²) < 4.78 is 5.20. The van der Waals surface area contributed by atoms with Crippen LogP contribution in [0.5, 0.6) is 0 Å². The molecule has 0 spiro atoms. The number of carboxylic acid groups (broad SMARTS) is 1. The summed E-state index contributed by atoms with van der Waals surface area (Å²) in [5.74, 6) is -0.871. The van der Waals surface area contributed by atoms with Crippen LogP contribution in [0.15, 0.2) is 11.6 Å². The first-order valence-electron chi connectivity index (χ1n) is 4.79. The smallest absolute Gasteiger partial charge is 0.330 e. The summed E-state index contributed by atoms with van der Waals surface area (Å²) in [4.78, 5) is 10.4. The van der Waals surface area contributed by atoms with Crippen molar-refractivity contribution in [1.29, 1.82) is 0 Å². The third kappa shape index (κ3) is 6.62. The number of carboxylic acids is 1. The minimum Gasteiger partial charge on any atom is -0.478 e. The van der Waals surface area contributed by atoms with Crippen molar-refractivity contribution in [2.75, 3.05) is 19.8 Å². The summed E-state index contributed by atoms with van der Waals surface area (Å²) >= 11 is 0. The largest absolute Gasteiger partial charge is 0.478 e. The highest BCUT2D eigenvalue weighted by Gasteiger charge is 2.01. The van der Waals surface area contributed by atoms with Gasteiger partial charge in [0.25, 0.3) is 0 Å². The Bertz CT molecular complexity index is 202. The van der Waals surface area contributed by atoms with E-state index in [2.05, 4.69) is 5.32 Å². The number of nitrogens with one attached hydrogen (secondary N) is 1. The predicted octanol–water partition coefficient (Wildman–Crippen LogP) is 1.03. The zero-order chi connectivity index (χ0) is 11.0. The van der Waals surface area contributed by atoms with E-state index < -0.39 is 5.97 Å². The molecule has 0 radical (unpaired) electrons. The Morgan fingerprint density at radius 3 is 2.79 bits per heavy atom. The first-order chi connectivity index (χ1) is 6.57. The lowest BCUT2D eigenvalue weighted by Gasteiger charge is -2.11. The molecular formula is C10H19NO3. The third-order valence-electron chi connectivity index (χ3n) is 1.78. The monoisotopic (exact) mass is 201 g/mol. The molecule has 4 nitrogen and oxygen atoms in total. The maximum absolute atomic E-state index is 10.4. The second-order valence-corrected chi connectivity index (χ2v) is 3.16. The van der Waals surface area contributed by atoms with E-state index in [-0.39, 0.29) is 6.04 Å². The standard InChI is InChI=1S/C10H19NO3/c1-4-14-7-9(3)11-6-5-8(2)10(12)13/h5,9,11H,4,6-7H2,1-3H3,(H,12,13)/b8-5-. The Kier molecular flexibility index (Phi) is 7.06. The van der Waals surface area contributed by atoms with Gasteiger partial charge in [-0.1, -0.05) is 6.08 Å². The van der Waals surface area contributed by atoms with Gasteiger partial charge in [-0.2, -0.15) is 0 Å². The first kappa shape index (κ1) is 13.1. The zero-order valence-electron chi connectivity index (χ0n) is 9.04. The van der Waals surface area contributed by atoms with Crippen LogP contribution in [0.3, 0.4) is 0 Å². The SMILES string of the molecule is CCOCC(C)NC/C=C(/C)C(=O)O. The molecule has 0 aromatic heterocycles. The van der Waals surface area contributed by atoms with Crippen LogP contribution in [0.4, 0.5) is 0 Å². The Balaban J connectivity index is 3.62. The highest BCUT2D eigenvalue weighted by molar-refractivity contribution is 5.85. The maximum atomic E-state index is 10.4. The molecule has 0 aromatic rings. The minimum atomic E-state index is -0.871. The van der Waals surface area contributed by atoms with E-state index in [9.17, 15) is 4.79 Å². The Morgan fingerprint density at radius 2 is 2.29 bits per heavy atom. The molecule has 0 aliphatic rings. The lowest BCUT2D eigenvalue weighted by atomic mass is 10.3. The van der Waals surface area contributed by atoms with Gasteiger partial charge in [-0.25, -0.2) is 4.79 Å². The van der Waals surface area contributed by atoms with Gasteiger partial charge < -0.3 is 15.2 Å². The van der Waals surface area contributed by atoms with E-state index in [0.717, 1.165) is 0 Å². The van der Waals surface area contributed by atoms with Crippen molar-refractivity contribution in [2.24, 2.45) is 0 Å². The van der Waals surface area contributed by atoms with E-state index in [1.165, 1.54) is 0 Å². The number of carbonyl (C=O) groups is 1. The van der Waals surface area contributed by atoms with Gasteiger partial charge in [0.1, 0.15) is 0 Å². The van der Waals surface area contributed by atoms with Crippen molar-refractivity contribution in [3.63, 3.8) is 0 Å². The summed E-state index contributed by atoms with van der Waals surface area (Å²) in [6, 6.07) is 0.243. The van der Waals surface area contributed by atoms with Gasteiger partial charge in [0.15, 0.2) is 0 Å². The van der Waals surface area contributed by atoms with Crippen LogP contribution in [0.1, 0.15) is 20.8 Å². The molecule has 14 heavy (non-hydrogen) atoms. The second-order valence-electron chi connectivity index (χ2n) is 3.16. The van der Waals surface area contributed by atoms with Gasteiger partial charge in [0.2, 0.25) is 0 Å². The second kappa shape index (κ2) is 7.53. The Labute approximate surface area is 85.0 Å². The van der Waals surface area contributed by atoms with Crippen LogP contribution in [0, 0.1) is 0 Å². The van der Waals surface area contributed by atoms with Crippen LogP contribution in [-0.4, -0.2) is 36.9 Å². The van der Waals surface area contributed by atoms with E-state index in [4.69, 9.17) is 9.84 Å². The van der Waals surface area contributed by atoms with E-state index in [0.29, 0.717) is 25.3 Å². The topological polar surface area (TPSA) is 58.6 Å². The summed E-state index contributed by atoms with van der Waals surface area (Å²) in [5, 5.41) is 11.7. The molecule has 4 heteroatoms. The van der Waals surface area contributed by atoms with Crippen LogP contribution < -0.4 is 5.32 Å². The van der Waals surface area contributed by atoms with Gasteiger partial charge in [-0.15, -0.1) is 0 Å². The summed E-state index contributed by atoms with van der Waals surface area (Å²) in [6.45, 7) is 7.44. The first-order valence-corrected chi connectivity index (χ1v) is 4.79. The van der Waals surface area contributed by atoms with E-state index in [1.807, 2.05) is 13.8 Å². The number of hydrogen-bond donors (Lipinski definition) is 2. The number of rotatable bonds is 7. The highest BCUT2D eigenvalue weighted by Crippen LogP contribution is 1.91. The van der Waals surface area contributed by atoms with Gasteiger partial charge in [0.05, 0.1) is 6.61 Å². The van der Waals surface area contributed by atoms with Crippen molar-refractivity contribution < 1.29 is 14.6 Å². The predicted molar refractivity (Wildman–Crippen MR) is 55.4 cm³/mol.